The Kier molecular flexibility index (Phi) is 3.48. The van der Waals surface area contributed by atoms with E-state index >= 15 is 0 Å². The number of carboxylic acid groups (broad SMARTS) is 1. The number of benzene rings is 1. The molecule has 0 bridgehead atoms. The van der Waals surface area contributed by atoms with Crippen LogP contribution in [0.3, 0.4) is 0 Å². The number of aliphatic hydroxyl groups excluding tert-OH is 1. The summed E-state index contributed by atoms with van der Waals surface area (Å²) in [5.41, 5.74) is 1.70. The van der Waals surface area contributed by atoms with Crippen molar-refractivity contribution in [3.05, 3.63) is 53.7 Å². The fraction of sp³-hybridized carbons (Fsp3) is 0.143. The summed E-state index contributed by atoms with van der Waals surface area (Å²) in [6, 6.07) is 9.06. The van der Waals surface area contributed by atoms with Gasteiger partial charge in [0.25, 0.3) is 0 Å². The molecule has 0 saturated heterocycles. The molecule has 0 saturated carbocycles. The summed E-state index contributed by atoms with van der Waals surface area (Å²) < 4.78 is 5.10. The van der Waals surface area contributed by atoms with Crippen molar-refractivity contribution in [3.8, 4) is 11.3 Å². The number of hydrogen-bond donors (Lipinski definition) is 2. The van der Waals surface area contributed by atoms with Gasteiger partial charge in [0.2, 0.25) is 0 Å². The Morgan fingerprint density at radius 3 is 2.58 bits per heavy atom. The predicted molar refractivity (Wildman–Crippen MR) is 68.4 cm³/mol. The molecule has 0 aliphatic carbocycles. The summed E-state index contributed by atoms with van der Waals surface area (Å²) in [5.74, 6) is -0.806. The van der Waals surface area contributed by atoms with E-state index in [9.17, 15) is 9.90 Å². The van der Waals surface area contributed by atoms with Crippen LogP contribution in [0.2, 0.25) is 0 Å². The van der Waals surface area contributed by atoms with Crippen LogP contribution in [0.5, 0.6) is 0 Å². The first-order valence-electron chi connectivity index (χ1n) is 5.63. The van der Waals surface area contributed by atoms with Crippen molar-refractivity contribution in [2.45, 2.75) is 13.0 Å². The van der Waals surface area contributed by atoms with E-state index in [-0.39, 0.29) is 11.3 Å². The summed E-state index contributed by atoms with van der Waals surface area (Å²) >= 11 is 0. The first-order chi connectivity index (χ1) is 8.99. The minimum atomic E-state index is -1.37. The molecule has 0 aliphatic rings. The number of carboxylic acids is 1. The first kappa shape index (κ1) is 13.0. The molecule has 0 amide bonds. The van der Waals surface area contributed by atoms with Gasteiger partial charge in [-0.1, -0.05) is 41.6 Å². The maximum Gasteiger partial charge on any atom is 0.334 e. The van der Waals surface area contributed by atoms with E-state index < -0.39 is 12.1 Å². The summed E-state index contributed by atoms with van der Waals surface area (Å²) in [5, 5.41) is 22.2. The van der Waals surface area contributed by atoms with Crippen LogP contribution in [0.25, 0.3) is 11.3 Å². The zero-order valence-electron chi connectivity index (χ0n) is 10.3. The van der Waals surface area contributed by atoms with Crippen molar-refractivity contribution in [1.29, 1.82) is 0 Å². The third kappa shape index (κ3) is 2.71. The molecule has 2 N–H and O–H groups in total. The van der Waals surface area contributed by atoms with Crippen molar-refractivity contribution in [2.75, 3.05) is 0 Å². The topological polar surface area (TPSA) is 83.6 Å². The lowest BCUT2D eigenvalue weighted by molar-refractivity contribution is -0.133. The number of aliphatic hydroxyl groups is 1. The van der Waals surface area contributed by atoms with Crippen LogP contribution >= 0.6 is 0 Å². The molecular weight excluding hydrogens is 246 g/mol. The maximum absolute atomic E-state index is 10.7. The van der Waals surface area contributed by atoms with E-state index in [0.717, 1.165) is 11.1 Å². The fourth-order valence-electron chi connectivity index (χ4n) is 1.57. The van der Waals surface area contributed by atoms with Gasteiger partial charge in [0, 0.05) is 11.6 Å². The summed E-state index contributed by atoms with van der Waals surface area (Å²) in [6.07, 6.45) is -1.37. The largest absolute Gasteiger partial charge is 0.478 e. The fourth-order valence-corrected chi connectivity index (χ4v) is 1.57. The van der Waals surface area contributed by atoms with Crippen LogP contribution in [0.4, 0.5) is 0 Å². The Morgan fingerprint density at radius 2 is 2.00 bits per heavy atom. The van der Waals surface area contributed by atoms with Gasteiger partial charge in [-0.25, -0.2) is 4.79 Å². The van der Waals surface area contributed by atoms with E-state index in [1.54, 1.807) is 0 Å². The minimum absolute atomic E-state index is 0.128. The monoisotopic (exact) mass is 259 g/mol. The van der Waals surface area contributed by atoms with Crippen LogP contribution in [0.15, 0.2) is 47.0 Å². The van der Waals surface area contributed by atoms with E-state index in [1.165, 1.54) is 6.07 Å². The Morgan fingerprint density at radius 1 is 1.37 bits per heavy atom. The van der Waals surface area contributed by atoms with Gasteiger partial charge >= 0.3 is 5.97 Å². The zero-order chi connectivity index (χ0) is 14.0. The van der Waals surface area contributed by atoms with Crippen LogP contribution in [-0.2, 0) is 4.79 Å². The van der Waals surface area contributed by atoms with Gasteiger partial charge < -0.3 is 14.7 Å². The molecule has 98 valence electrons. The molecule has 1 aromatic carbocycles. The number of hydrogen-bond acceptors (Lipinski definition) is 4. The quantitative estimate of drug-likeness (QED) is 0.823. The normalized spacial score (nSPS) is 12.1. The average Bonchev–Trinajstić information content (AvgIpc) is 2.87. The van der Waals surface area contributed by atoms with Gasteiger partial charge in [0.05, 0.1) is 5.57 Å². The summed E-state index contributed by atoms with van der Waals surface area (Å²) in [7, 11) is 0. The average molecular weight is 259 g/mol. The molecule has 1 unspecified atom stereocenters. The molecule has 1 heterocycles. The third-order valence-corrected chi connectivity index (χ3v) is 2.75. The third-order valence-electron chi connectivity index (χ3n) is 2.75. The highest BCUT2D eigenvalue weighted by atomic mass is 16.5. The molecule has 0 aliphatic heterocycles. The van der Waals surface area contributed by atoms with E-state index in [4.69, 9.17) is 9.63 Å². The number of rotatable bonds is 4. The molecule has 2 aromatic rings. The lowest BCUT2D eigenvalue weighted by Crippen LogP contribution is -2.09. The molecule has 0 fully saturated rings. The highest BCUT2D eigenvalue weighted by molar-refractivity contribution is 5.87. The predicted octanol–water partition coefficient (Wildman–Crippen LogP) is 2.32. The van der Waals surface area contributed by atoms with Gasteiger partial charge in [-0.15, -0.1) is 0 Å². The number of carbonyl (C=O) groups is 1. The Balaban J connectivity index is 2.26. The van der Waals surface area contributed by atoms with Crippen LogP contribution < -0.4 is 0 Å². The second-order valence-electron chi connectivity index (χ2n) is 4.21. The zero-order valence-corrected chi connectivity index (χ0v) is 10.3. The molecule has 19 heavy (non-hydrogen) atoms. The Hall–Kier alpha value is -2.40. The lowest BCUT2D eigenvalue weighted by atomic mass is 10.1. The number of nitrogens with zero attached hydrogens (tertiary/aromatic N) is 1. The SMILES string of the molecule is C=C(C(=O)O)C(O)c1cc(-c2ccc(C)cc2)on1. The second-order valence-corrected chi connectivity index (χ2v) is 4.21. The van der Waals surface area contributed by atoms with Crippen molar-refractivity contribution in [3.63, 3.8) is 0 Å². The summed E-state index contributed by atoms with van der Waals surface area (Å²) in [6.45, 7) is 5.26. The van der Waals surface area contributed by atoms with Crippen molar-refractivity contribution < 1.29 is 19.5 Å². The maximum atomic E-state index is 10.7. The molecule has 5 nitrogen and oxygen atoms in total. The number of aryl methyl sites for hydroxylation is 1. The van der Waals surface area contributed by atoms with E-state index in [2.05, 4.69) is 11.7 Å². The highest BCUT2D eigenvalue weighted by Gasteiger charge is 2.21. The minimum Gasteiger partial charge on any atom is -0.478 e. The van der Waals surface area contributed by atoms with Gasteiger partial charge in [-0.2, -0.15) is 0 Å². The molecular formula is C14H13NO4. The van der Waals surface area contributed by atoms with Crippen molar-refractivity contribution in [1.82, 2.24) is 5.16 Å². The van der Waals surface area contributed by atoms with Crippen LogP contribution in [0.1, 0.15) is 17.4 Å². The number of aliphatic carboxylic acids is 1. The van der Waals surface area contributed by atoms with Gasteiger partial charge in [-0.3, -0.25) is 0 Å². The van der Waals surface area contributed by atoms with Crippen LogP contribution in [-0.4, -0.2) is 21.3 Å². The Bertz CT molecular complexity index is 613. The van der Waals surface area contributed by atoms with Crippen LogP contribution in [0, 0.1) is 6.92 Å². The lowest BCUT2D eigenvalue weighted by Gasteiger charge is -2.04. The standard InChI is InChI=1S/C14H13NO4/c1-8-3-5-10(6-4-8)12-7-11(15-19-12)13(16)9(2)14(17)18/h3-7,13,16H,2H2,1H3,(H,17,18). The molecule has 0 spiro atoms. The van der Waals surface area contributed by atoms with Gasteiger partial charge in [0.15, 0.2) is 5.76 Å². The number of aromatic nitrogens is 1. The smallest absolute Gasteiger partial charge is 0.334 e. The van der Waals surface area contributed by atoms with Gasteiger partial charge in [-0.05, 0) is 6.92 Å². The first-order valence-corrected chi connectivity index (χ1v) is 5.63. The molecule has 5 heteroatoms. The van der Waals surface area contributed by atoms with Crippen molar-refractivity contribution >= 4 is 5.97 Å². The highest BCUT2D eigenvalue weighted by Crippen LogP contribution is 2.26. The molecule has 2 rings (SSSR count). The van der Waals surface area contributed by atoms with E-state index in [1.807, 2.05) is 31.2 Å². The second kappa shape index (κ2) is 5.07. The Labute approximate surface area is 109 Å². The summed E-state index contributed by atoms with van der Waals surface area (Å²) in [4.78, 5) is 10.7. The molecule has 0 radical (unpaired) electrons. The van der Waals surface area contributed by atoms with Gasteiger partial charge in [0.1, 0.15) is 11.8 Å². The molecule has 1 atom stereocenters. The van der Waals surface area contributed by atoms with E-state index in [0.29, 0.717) is 5.76 Å². The molecule has 1 aromatic heterocycles. The van der Waals surface area contributed by atoms with Crippen molar-refractivity contribution in [2.24, 2.45) is 0 Å².